The van der Waals surface area contributed by atoms with E-state index in [-0.39, 0.29) is 0 Å². The molecule has 1 heterocycles. The fourth-order valence-corrected chi connectivity index (χ4v) is 2.04. The van der Waals surface area contributed by atoms with Crippen LogP contribution in [0.15, 0.2) is 36.7 Å². The zero-order valence-electron chi connectivity index (χ0n) is 11.2. The molecule has 0 bridgehead atoms. The van der Waals surface area contributed by atoms with Gasteiger partial charge in [-0.2, -0.15) is 5.10 Å². The third-order valence-electron chi connectivity index (χ3n) is 2.88. The molecule has 1 amide bonds. The molecule has 1 aromatic carbocycles. The Balaban J connectivity index is 2.17. The SMILES string of the molecule is CCCn1cc(C(Nc2ccc(Cl)cc2)C(N)=O)cn1. The highest BCUT2D eigenvalue weighted by molar-refractivity contribution is 6.30. The van der Waals surface area contributed by atoms with Crippen LogP contribution >= 0.6 is 11.6 Å². The summed E-state index contributed by atoms with van der Waals surface area (Å²) in [5, 5.41) is 7.94. The maximum Gasteiger partial charge on any atom is 0.244 e. The highest BCUT2D eigenvalue weighted by Gasteiger charge is 2.19. The van der Waals surface area contributed by atoms with Crippen molar-refractivity contribution in [2.75, 3.05) is 5.32 Å². The number of carbonyl (C=O) groups is 1. The van der Waals surface area contributed by atoms with Gasteiger partial charge in [0.2, 0.25) is 5.91 Å². The van der Waals surface area contributed by atoms with E-state index in [1.807, 2.05) is 6.20 Å². The van der Waals surface area contributed by atoms with E-state index in [9.17, 15) is 4.79 Å². The van der Waals surface area contributed by atoms with E-state index in [0.29, 0.717) is 5.02 Å². The van der Waals surface area contributed by atoms with Gasteiger partial charge >= 0.3 is 0 Å². The molecule has 1 unspecified atom stereocenters. The van der Waals surface area contributed by atoms with Gasteiger partial charge in [-0.3, -0.25) is 9.48 Å². The minimum Gasteiger partial charge on any atom is -0.370 e. The van der Waals surface area contributed by atoms with Gasteiger partial charge in [0, 0.05) is 29.0 Å². The second kappa shape index (κ2) is 6.43. The summed E-state index contributed by atoms with van der Waals surface area (Å²) in [4.78, 5) is 11.6. The van der Waals surface area contributed by atoms with Crippen molar-refractivity contribution in [3.05, 3.63) is 47.2 Å². The van der Waals surface area contributed by atoms with Crippen LogP contribution < -0.4 is 11.1 Å². The number of nitrogens with zero attached hydrogens (tertiary/aromatic N) is 2. The Morgan fingerprint density at radius 2 is 2.15 bits per heavy atom. The average molecular weight is 293 g/mol. The second-order valence-electron chi connectivity index (χ2n) is 4.52. The van der Waals surface area contributed by atoms with Crippen molar-refractivity contribution in [3.8, 4) is 0 Å². The number of anilines is 1. The Labute approximate surface area is 122 Å². The minimum absolute atomic E-state index is 0.448. The number of benzene rings is 1. The summed E-state index contributed by atoms with van der Waals surface area (Å²) in [6.45, 7) is 2.88. The molecular formula is C14H17ClN4O. The van der Waals surface area contributed by atoms with Gasteiger partial charge in [-0.05, 0) is 30.7 Å². The first kappa shape index (κ1) is 14.4. The number of halogens is 1. The lowest BCUT2D eigenvalue weighted by Gasteiger charge is -2.15. The highest BCUT2D eigenvalue weighted by atomic mass is 35.5. The normalized spacial score (nSPS) is 12.1. The van der Waals surface area contributed by atoms with Crippen LogP contribution in [0.1, 0.15) is 24.9 Å². The Bertz CT molecular complexity index is 579. The van der Waals surface area contributed by atoms with Crippen LogP contribution in [0.5, 0.6) is 0 Å². The average Bonchev–Trinajstić information content (AvgIpc) is 2.86. The zero-order valence-corrected chi connectivity index (χ0v) is 12.0. The molecule has 3 N–H and O–H groups in total. The van der Waals surface area contributed by atoms with Crippen LogP contribution in [0, 0.1) is 0 Å². The fraction of sp³-hybridized carbons (Fsp3) is 0.286. The predicted octanol–water partition coefficient (Wildman–Crippen LogP) is 2.58. The van der Waals surface area contributed by atoms with Gasteiger partial charge in [0.15, 0.2) is 0 Å². The molecule has 0 aliphatic carbocycles. The molecule has 5 nitrogen and oxygen atoms in total. The van der Waals surface area contributed by atoms with Crippen LogP contribution in [0.2, 0.25) is 5.02 Å². The topological polar surface area (TPSA) is 72.9 Å². The van der Waals surface area contributed by atoms with Crippen molar-refractivity contribution in [1.82, 2.24) is 9.78 Å². The number of amides is 1. The first-order valence-corrected chi connectivity index (χ1v) is 6.81. The number of hydrogen-bond donors (Lipinski definition) is 2. The maximum absolute atomic E-state index is 11.6. The largest absolute Gasteiger partial charge is 0.370 e. The summed E-state index contributed by atoms with van der Waals surface area (Å²) < 4.78 is 1.80. The van der Waals surface area contributed by atoms with Crippen LogP contribution in [0.25, 0.3) is 0 Å². The van der Waals surface area contributed by atoms with Gasteiger partial charge in [0.05, 0.1) is 6.20 Å². The smallest absolute Gasteiger partial charge is 0.244 e. The zero-order chi connectivity index (χ0) is 14.5. The van der Waals surface area contributed by atoms with Crippen molar-refractivity contribution in [2.45, 2.75) is 25.9 Å². The predicted molar refractivity (Wildman–Crippen MR) is 79.5 cm³/mol. The van der Waals surface area contributed by atoms with E-state index in [0.717, 1.165) is 24.2 Å². The first-order valence-electron chi connectivity index (χ1n) is 6.44. The number of nitrogens with two attached hydrogens (primary N) is 1. The standard InChI is InChI=1S/C14H17ClN4O/c1-2-7-19-9-10(8-17-19)13(14(16)20)18-12-5-3-11(15)4-6-12/h3-6,8-9,13,18H,2,7H2,1H3,(H2,16,20). The Kier molecular flexibility index (Phi) is 4.63. The van der Waals surface area contributed by atoms with Crippen molar-refractivity contribution < 1.29 is 4.79 Å². The third-order valence-corrected chi connectivity index (χ3v) is 3.13. The molecule has 20 heavy (non-hydrogen) atoms. The van der Waals surface area contributed by atoms with Crippen molar-refractivity contribution in [1.29, 1.82) is 0 Å². The summed E-state index contributed by atoms with van der Waals surface area (Å²) in [6.07, 6.45) is 4.48. The van der Waals surface area contributed by atoms with Crippen LogP contribution in [0.3, 0.4) is 0 Å². The molecule has 0 fully saturated rings. The molecule has 0 radical (unpaired) electrons. The third kappa shape index (κ3) is 3.51. The van der Waals surface area contributed by atoms with Crippen LogP contribution in [-0.4, -0.2) is 15.7 Å². The molecule has 0 aliphatic rings. The maximum atomic E-state index is 11.6. The van der Waals surface area contributed by atoms with Crippen molar-refractivity contribution in [2.24, 2.45) is 5.73 Å². The molecule has 1 aromatic heterocycles. The van der Waals surface area contributed by atoms with Crippen molar-refractivity contribution in [3.63, 3.8) is 0 Å². The Hall–Kier alpha value is -2.01. The fourth-order valence-electron chi connectivity index (χ4n) is 1.91. The molecule has 0 aliphatic heterocycles. The van der Waals surface area contributed by atoms with Gasteiger partial charge < -0.3 is 11.1 Å². The molecule has 2 aromatic rings. The molecule has 2 rings (SSSR count). The number of nitrogens with one attached hydrogen (secondary N) is 1. The van der Waals surface area contributed by atoms with E-state index < -0.39 is 11.9 Å². The lowest BCUT2D eigenvalue weighted by atomic mass is 10.1. The van der Waals surface area contributed by atoms with E-state index in [1.54, 1.807) is 35.1 Å². The molecule has 0 saturated heterocycles. The van der Waals surface area contributed by atoms with E-state index in [2.05, 4.69) is 17.3 Å². The molecule has 1 atom stereocenters. The van der Waals surface area contributed by atoms with Gasteiger partial charge in [0.25, 0.3) is 0 Å². The number of primary amides is 1. The summed E-state index contributed by atoms with van der Waals surface area (Å²) in [7, 11) is 0. The number of aryl methyl sites for hydroxylation is 1. The van der Waals surface area contributed by atoms with Gasteiger partial charge in [-0.15, -0.1) is 0 Å². The molecule has 0 spiro atoms. The Morgan fingerprint density at radius 3 is 2.75 bits per heavy atom. The summed E-state index contributed by atoms with van der Waals surface area (Å²) in [6, 6.07) is 6.50. The quantitative estimate of drug-likeness (QED) is 0.859. The number of carbonyl (C=O) groups excluding carboxylic acids is 1. The van der Waals surface area contributed by atoms with Crippen LogP contribution in [0.4, 0.5) is 5.69 Å². The lowest BCUT2D eigenvalue weighted by molar-refractivity contribution is -0.118. The summed E-state index contributed by atoms with van der Waals surface area (Å²) in [5.41, 5.74) is 7.00. The van der Waals surface area contributed by atoms with Gasteiger partial charge in [0.1, 0.15) is 6.04 Å². The van der Waals surface area contributed by atoms with Gasteiger partial charge in [-0.25, -0.2) is 0 Å². The molecular weight excluding hydrogens is 276 g/mol. The first-order chi connectivity index (χ1) is 9.60. The summed E-state index contributed by atoms with van der Waals surface area (Å²) in [5.74, 6) is -0.448. The van der Waals surface area contributed by atoms with E-state index in [4.69, 9.17) is 17.3 Å². The van der Waals surface area contributed by atoms with Crippen LogP contribution in [-0.2, 0) is 11.3 Å². The lowest BCUT2D eigenvalue weighted by Crippen LogP contribution is -2.27. The minimum atomic E-state index is -0.609. The van der Waals surface area contributed by atoms with E-state index >= 15 is 0 Å². The molecule has 6 heteroatoms. The van der Waals surface area contributed by atoms with Crippen molar-refractivity contribution >= 4 is 23.2 Å². The van der Waals surface area contributed by atoms with Gasteiger partial charge in [-0.1, -0.05) is 18.5 Å². The monoisotopic (exact) mass is 292 g/mol. The molecule has 106 valence electrons. The number of aromatic nitrogens is 2. The second-order valence-corrected chi connectivity index (χ2v) is 4.96. The molecule has 0 saturated carbocycles. The summed E-state index contributed by atoms with van der Waals surface area (Å²) >= 11 is 5.83. The Morgan fingerprint density at radius 1 is 1.45 bits per heavy atom. The number of hydrogen-bond acceptors (Lipinski definition) is 3. The number of rotatable bonds is 6. The highest BCUT2D eigenvalue weighted by Crippen LogP contribution is 2.20. The van der Waals surface area contributed by atoms with E-state index in [1.165, 1.54) is 0 Å².